The third kappa shape index (κ3) is 2.91. The predicted molar refractivity (Wildman–Crippen MR) is 70.1 cm³/mol. The Bertz CT molecular complexity index is 430. The van der Waals surface area contributed by atoms with E-state index < -0.39 is 0 Å². The molecule has 1 aromatic rings. The lowest BCUT2D eigenvalue weighted by Crippen LogP contribution is -2.21. The van der Waals surface area contributed by atoms with E-state index in [0.717, 1.165) is 6.54 Å². The summed E-state index contributed by atoms with van der Waals surface area (Å²) in [5.41, 5.74) is 0.663. The van der Waals surface area contributed by atoms with Crippen molar-refractivity contribution >= 4 is 11.4 Å². The van der Waals surface area contributed by atoms with E-state index in [-0.39, 0.29) is 10.6 Å². The standard InChI is InChI=1S/C13H18N2O3/c1-2-18-11-6-7-12(13(8-11)15(16)17)14-9-10-4-3-5-10/h6-8,10,14H,2-5,9H2,1H3. The van der Waals surface area contributed by atoms with Gasteiger partial charge in [-0.2, -0.15) is 0 Å². The molecule has 1 aliphatic rings. The molecule has 0 radical (unpaired) electrons. The second kappa shape index (κ2) is 5.71. The number of rotatable bonds is 6. The number of anilines is 1. The Hall–Kier alpha value is -1.78. The zero-order valence-electron chi connectivity index (χ0n) is 10.5. The molecule has 1 fully saturated rings. The maximum Gasteiger partial charge on any atom is 0.296 e. The van der Waals surface area contributed by atoms with Gasteiger partial charge in [0, 0.05) is 6.54 Å². The zero-order valence-corrected chi connectivity index (χ0v) is 10.5. The van der Waals surface area contributed by atoms with Crippen LogP contribution < -0.4 is 10.1 Å². The molecule has 0 saturated heterocycles. The summed E-state index contributed by atoms with van der Waals surface area (Å²) in [6, 6.07) is 4.97. The van der Waals surface area contributed by atoms with Gasteiger partial charge in [0.2, 0.25) is 0 Å². The fraction of sp³-hybridized carbons (Fsp3) is 0.538. The molecule has 5 nitrogen and oxygen atoms in total. The molecule has 0 atom stereocenters. The van der Waals surface area contributed by atoms with Crippen LogP contribution in [0.25, 0.3) is 0 Å². The van der Waals surface area contributed by atoms with Gasteiger partial charge in [-0.25, -0.2) is 0 Å². The summed E-state index contributed by atoms with van der Waals surface area (Å²) in [5.74, 6) is 1.20. The fourth-order valence-corrected chi connectivity index (χ4v) is 2.02. The van der Waals surface area contributed by atoms with Crippen molar-refractivity contribution in [1.29, 1.82) is 0 Å². The highest BCUT2D eigenvalue weighted by Crippen LogP contribution is 2.31. The van der Waals surface area contributed by atoms with Crippen molar-refractivity contribution < 1.29 is 9.66 Å². The number of ether oxygens (including phenoxy) is 1. The summed E-state index contributed by atoms with van der Waals surface area (Å²) in [6.07, 6.45) is 3.72. The number of nitro benzene ring substituents is 1. The molecule has 5 heteroatoms. The number of nitro groups is 1. The van der Waals surface area contributed by atoms with Crippen LogP contribution in [0.5, 0.6) is 5.75 Å². The van der Waals surface area contributed by atoms with Gasteiger partial charge in [-0.15, -0.1) is 0 Å². The number of hydrogen-bond donors (Lipinski definition) is 1. The molecule has 1 saturated carbocycles. The lowest BCUT2D eigenvalue weighted by molar-refractivity contribution is -0.384. The SMILES string of the molecule is CCOc1ccc(NCC2CCC2)c([N+](=O)[O-])c1. The average molecular weight is 250 g/mol. The molecular weight excluding hydrogens is 232 g/mol. The molecule has 1 N–H and O–H groups in total. The van der Waals surface area contributed by atoms with E-state index in [1.165, 1.54) is 25.3 Å². The van der Waals surface area contributed by atoms with Crippen LogP contribution in [0.4, 0.5) is 11.4 Å². The number of nitrogens with one attached hydrogen (secondary N) is 1. The van der Waals surface area contributed by atoms with Crippen molar-refractivity contribution in [3.8, 4) is 5.75 Å². The molecule has 0 aliphatic heterocycles. The Morgan fingerprint density at radius 2 is 2.28 bits per heavy atom. The van der Waals surface area contributed by atoms with Crippen LogP contribution in [0.2, 0.25) is 0 Å². The molecule has 0 bridgehead atoms. The summed E-state index contributed by atoms with van der Waals surface area (Å²) in [6.45, 7) is 3.18. The minimum atomic E-state index is -0.369. The highest BCUT2D eigenvalue weighted by molar-refractivity contribution is 5.63. The predicted octanol–water partition coefficient (Wildman–Crippen LogP) is 3.21. The second-order valence-corrected chi connectivity index (χ2v) is 4.55. The largest absolute Gasteiger partial charge is 0.494 e. The molecule has 1 aromatic carbocycles. The topological polar surface area (TPSA) is 64.4 Å². The van der Waals surface area contributed by atoms with Crippen LogP contribution >= 0.6 is 0 Å². The summed E-state index contributed by atoms with van der Waals surface area (Å²) in [4.78, 5) is 10.6. The molecule has 0 amide bonds. The summed E-state index contributed by atoms with van der Waals surface area (Å²) in [7, 11) is 0. The quantitative estimate of drug-likeness (QED) is 0.622. The molecule has 1 aliphatic carbocycles. The summed E-state index contributed by atoms with van der Waals surface area (Å²) in [5, 5.41) is 14.2. The van der Waals surface area contributed by atoms with Gasteiger partial charge in [-0.1, -0.05) is 6.42 Å². The second-order valence-electron chi connectivity index (χ2n) is 4.55. The van der Waals surface area contributed by atoms with Crippen LogP contribution in [0.3, 0.4) is 0 Å². The molecule has 98 valence electrons. The molecule has 0 heterocycles. The van der Waals surface area contributed by atoms with E-state index in [1.807, 2.05) is 6.92 Å². The van der Waals surface area contributed by atoms with Crippen LogP contribution in [0.15, 0.2) is 18.2 Å². The number of nitrogens with zero attached hydrogens (tertiary/aromatic N) is 1. The normalized spacial score (nSPS) is 14.9. The first kappa shape index (κ1) is 12.7. The Morgan fingerprint density at radius 3 is 2.83 bits per heavy atom. The Balaban J connectivity index is 2.09. The van der Waals surface area contributed by atoms with E-state index in [0.29, 0.717) is 24.0 Å². The van der Waals surface area contributed by atoms with Gasteiger partial charge in [0.1, 0.15) is 11.4 Å². The summed E-state index contributed by atoms with van der Waals surface area (Å²) < 4.78 is 5.28. The smallest absolute Gasteiger partial charge is 0.296 e. The van der Waals surface area contributed by atoms with Crippen molar-refractivity contribution in [2.75, 3.05) is 18.5 Å². The maximum atomic E-state index is 11.0. The Labute approximate surface area is 106 Å². The lowest BCUT2D eigenvalue weighted by atomic mass is 9.85. The van der Waals surface area contributed by atoms with Crippen molar-refractivity contribution in [2.45, 2.75) is 26.2 Å². The number of benzene rings is 1. The van der Waals surface area contributed by atoms with Crippen molar-refractivity contribution in [3.05, 3.63) is 28.3 Å². The van der Waals surface area contributed by atoms with Gasteiger partial charge in [-0.05, 0) is 37.8 Å². The maximum absolute atomic E-state index is 11.0. The first-order valence-corrected chi connectivity index (χ1v) is 6.35. The van der Waals surface area contributed by atoms with Crippen LogP contribution in [0.1, 0.15) is 26.2 Å². The molecule has 0 aromatic heterocycles. The third-order valence-electron chi connectivity index (χ3n) is 3.28. The van der Waals surface area contributed by atoms with Gasteiger partial charge in [0.15, 0.2) is 0 Å². The molecule has 2 rings (SSSR count). The zero-order chi connectivity index (χ0) is 13.0. The minimum Gasteiger partial charge on any atom is -0.494 e. The van der Waals surface area contributed by atoms with Gasteiger partial charge in [-0.3, -0.25) is 10.1 Å². The van der Waals surface area contributed by atoms with Crippen LogP contribution in [0, 0.1) is 16.0 Å². The van der Waals surface area contributed by atoms with E-state index in [9.17, 15) is 10.1 Å². The van der Waals surface area contributed by atoms with E-state index in [2.05, 4.69) is 5.32 Å². The molecule has 0 unspecified atom stereocenters. The monoisotopic (exact) mass is 250 g/mol. The lowest BCUT2D eigenvalue weighted by Gasteiger charge is -2.25. The fourth-order valence-electron chi connectivity index (χ4n) is 2.02. The number of hydrogen-bond acceptors (Lipinski definition) is 4. The molecular formula is C13H18N2O3. The molecule has 18 heavy (non-hydrogen) atoms. The van der Waals surface area contributed by atoms with Gasteiger partial charge in [0.25, 0.3) is 5.69 Å². The highest BCUT2D eigenvalue weighted by atomic mass is 16.6. The highest BCUT2D eigenvalue weighted by Gasteiger charge is 2.20. The minimum absolute atomic E-state index is 0.0836. The van der Waals surface area contributed by atoms with E-state index in [4.69, 9.17) is 4.74 Å². The van der Waals surface area contributed by atoms with Gasteiger partial charge < -0.3 is 10.1 Å². The average Bonchev–Trinajstić information content (AvgIpc) is 2.28. The van der Waals surface area contributed by atoms with Crippen molar-refractivity contribution in [3.63, 3.8) is 0 Å². The van der Waals surface area contributed by atoms with Gasteiger partial charge in [0.05, 0.1) is 17.6 Å². The van der Waals surface area contributed by atoms with Crippen molar-refractivity contribution in [1.82, 2.24) is 0 Å². The Morgan fingerprint density at radius 1 is 1.50 bits per heavy atom. The van der Waals surface area contributed by atoms with Crippen LogP contribution in [-0.2, 0) is 0 Å². The first-order valence-electron chi connectivity index (χ1n) is 6.35. The molecule has 0 spiro atoms. The van der Waals surface area contributed by atoms with Gasteiger partial charge >= 0.3 is 0 Å². The first-order chi connectivity index (χ1) is 8.70. The third-order valence-corrected chi connectivity index (χ3v) is 3.28. The van der Waals surface area contributed by atoms with E-state index in [1.54, 1.807) is 12.1 Å². The Kier molecular flexibility index (Phi) is 4.02. The van der Waals surface area contributed by atoms with Crippen molar-refractivity contribution in [2.24, 2.45) is 5.92 Å². The van der Waals surface area contributed by atoms with E-state index >= 15 is 0 Å². The summed E-state index contributed by atoms with van der Waals surface area (Å²) >= 11 is 0. The van der Waals surface area contributed by atoms with Crippen LogP contribution in [-0.4, -0.2) is 18.1 Å².